The van der Waals surface area contributed by atoms with Crippen LogP contribution in [0.2, 0.25) is 0 Å². The maximum Gasteiger partial charge on any atom is 0.251 e. The number of benzene rings is 1. The molecule has 0 aliphatic carbocycles. The topological polar surface area (TPSA) is 83.9 Å². The van der Waals surface area contributed by atoms with E-state index in [1.54, 1.807) is 18.3 Å². The lowest BCUT2D eigenvalue weighted by molar-refractivity contribution is 0.0237. The van der Waals surface area contributed by atoms with Crippen molar-refractivity contribution in [1.82, 2.24) is 15.2 Å². The van der Waals surface area contributed by atoms with Crippen LogP contribution in [0.25, 0.3) is 0 Å². The number of pyridine rings is 1. The number of nitrogens with zero attached hydrogens (tertiary/aromatic N) is 2. The molecule has 4 rings (SSSR count). The summed E-state index contributed by atoms with van der Waals surface area (Å²) in [5.74, 6) is 0.208. The second-order valence-electron chi connectivity index (χ2n) is 7.93. The zero-order chi connectivity index (χ0) is 20.8. The summed E-state index contributed by atoms with van der Waals surface area (Å²) < 4.78 is 11.2. The molecule has 7 nitrogen and oxygen atoms in total. The lowest BCUT2D eigenvalue weighted by Gasteiger charge is -2.30. The van der Waals surface area contributed by atoms with Crippen LogP contribution >= 0.6 is 0 Å². The van der Waals surface area contributed by atoms with Gasteiger partial charge in [0.25, 0.3) is 5.91 Å². The Morgan fingerprint density at radius 2 is 2.07 bits per heavy atom. The predicted molar refractivity (Wildman–Crippen MR) is 112 cm³/mol. The third-order valence-electron chi connectivity index (χ3n) is 5.63. The SMILES string of the molecule is O=C(NCC(O)CN1CCc2ccccc2C1)c1ccnc(OC2CCOCC2)c1. The summed E-state index contributed by atoms with van der Waals surface area (Å²) in [6.07, 6.45) is 3.66. The van der Waals surface area contributed by atoms with Crippen molar-refractivity contribution in [3.8, 4) is 5.88 Å². The molecule has 1 aromatic heterocycles. The molecule has 160 valence electrons. The van der Waals surface area contributed by atoms with E-state index in [9.17, 15) is 9.90 Å². The zero-order valence-electron chi connectivity index (χ0n) is 17.1. The summed E-state index contributed by atoms with van der Waals surface area (Å²) >= 11 is 0. The summed E-state index contributed by atoms with van der Waals surface area (Å²) in [4.78, 5) is 18.9. The number of hydrogen-bond acceptors (Lipinski definition) is 6. The molecule has 1 unspecified atom stereocenters. The number of rotatable bonds is 7. The Balaban J connectivity index is 1.24. The van der Waals surface area contributed by atoms with Gasteiger partial charge in [0, 0.05) is 56.8 Å². The fourth-order valence-electron chi connectivity index (χ4n) is 3.96. The molecular weight excluding hydrogens is 382 g/mol. The van der Waals surface area contributed by atoms with Gasteiger partial charge in [0.1, 0.15) is 6.10 Å². The van der Waals surface area contributed by atoms with Crippen LogP contribution in [0.1, 0.15) is 34.3 Å². The van der Waals surface area contributed by atoms with Gasteiger partial charge in [0.15, 0.2) is 0 Å². The Kier molecular flexibility index (Phi) is 6.94. The van der Waals surface area contributed by atoms with E-state index in [1.165, 1.54) is 11.1 Å². The van der Waals surface area contributed by atoms with Gasteiger partial charge in [-0.2, -0.15) is 0 Å². The van der Waals surface area contributed by atoms with Gasteiger partial charge in [-0.15, -0.1) is 0 Å². The Hall–Kier alpha value is -2.48. The highest BCUT2D eigenvalue weighted by Crippen LogP contribution is 2.19. The molecule has 1 aromatic carbocycles. The zero-order valence-corrected chi connectivity index (χ0v) is 17.1. The first-order valence-electron chi connectivity index (χ1n) is 10.6. The molecule has 2 aliphatic rings. The molecule has 7 heteroatoms. The Morgan fingerprint density at radius 1 is 1.27 bits per heavy atom. The van der Waals surface area contributed by atoms with Crippen LogP contribution in [-0.4, -0.2) is 66.0 Å². The van der Waals surface area contributed by atoms with Crippen LogP contribution < -0.4 is 10.1 Å². The number of aromatic nitrogens is 1. The monoisotopic (exact) mass is 411 g/mol. The molecule has 30 heavy (non-hydrogen) atoms. The molecule has 2 aromatic rings. The number of ether oxygens (including phenoxy) is 2. The highest BCUT2D eigenvalue weighted by atomic mass is 16.5. The van der Waals surface area contributed by atoms with E-state index in [2.05, 4.69) is 33.4 Å². The van der Waals surface area contributed by atoms with E-state index in [4.69, 9.17) is 9.47 Å². The molecule has 0 spiro atoms. The first-order valence-corrected chi connectivity index (χ1v) is 10.6. The number of β-amino-alcohol motifs (C(OH)–C–C–N with tert-alkyl or cyclic N) is 1. The van der Waals surface area contributed by atoms with Gasteiger partial charge >= 0.3 is 0 Å². The molecule has 1 atom stereocenters. The van der Waals surface area contributed by atoms with Crippen LogP contribution in [0, 0.1) is 0 Å². The van der Waals surface area contributed by atoms with Gasteiger partial charge in [0.2, 0.25) is 5.88 Å². The number of aliphatic hydroxyl groups excluding tert-OH is 1. The number of carbonyl (C=O) groups excluding carboxylic acids is 1. The van der Waals surface area contributed by atoms with Crippen molar-refractivity contribution in [1.29, 1.82) is 0 Å². The first kappa shape index (κ1) is 20.8. The van der Waals surface area contributed by atoms with Crippen molar-refractivity contribution in [2.45, 2.75) is 38.0 Å². The van der Waals surface area contributed by atoms with Gasteiger partial charge in [-0.25, -0.2) is 4.98 Å². The van der Waals surface area contributed by atoms with Gasteiger partial charge in [0.05, 0.1) is 19.3 Å². The molecule has 0 saturated carbocycles. The minimum Gasteiger partial charge on any atom is -0.474 e. The number of fused-ring (bicyclic) bond motifs is 1. The average Bonchev–Trinajstić information content (AvgIpc) is 2.78. The minimum atomic E-state index is -0.626. The Morgan fingerprint density at radius 3 is 2.90 bits per heavy atom. The Bertz CT molecular complexity index is 854. The largest absolute Gasteiger partial charge is 0.474 e. The number of hydrogen-bond donors (Lipinski definition) is 2. The molecule has 2 N–H and O–H groups in total. The fourth-order valence-corrected chi connectivity index (χ4v) is 3.96. The van der Waals surface area contributed by atoms with E-state index >= 15 is 0 Å². The van der Waals surface area contributed by atoms with Crippen molar-refractivity contribution in [3.05, 3.63) is 59.3 Å². The van der Waals surface area contributed by atoms with Crippen molar-refractivity contribution in [2.75, 3.05) is 32.8 Å². The molecule has 3 heterocycles. The van der Waals surface area contributed by atoms with Crippen LogP contribution in [0.3, 0.4) is 0 Å². The van der Waals surface area contributed by atoms with E-state index < -0.39 is 6.10 Å². The van der Waals surface area contributed by atoms with Gasteiger partial charge < -0.3 is 19.9 Å². The summed E-state index contributed by atoms with van der Waals surface area (Å²) in [6.45, 7) is 3.85. The Labute approximate surface area is 177 Å². The maximum absolute atomic E-state index is 12.5. The quantitative estimate of drug-likeness (QED) is 0.723. The van der Waals surface area contributed by atoms with Crippen LogP contribution in [0.4, 0.5) is 0 Å². The second-order valence-corrected chi connectivity index (χ2v) is 7.93. The lowest BCUT2D eigenvalue weighted by Crippen LogP contribution is -2.42. The fraction of sp³-hybridized carbons (Fsp3) is 0.478. The summed E-state index contributed by atoms with van der Waals surface area (Å²) in [6, 6.07) is 11.7. The molecule has 1 amide bonds. The third kappa shape index (κ3) is 5.56. The van der Waals surface area contributed by atoms with Gasteiger partial charge in [-0.1, -0.05) is 24.3 Å². The molecule has 1 fully saturated rings. The second kappa shape index (κ2) is 10.0. The number of amides is 1. The van der Waals surface area contributed by atoms with Crippen LogP contribution in [-0.2, 0) is 17.7 Å². The van der Waals surface area contributed by atoms with E-state index in [1.807, 2.05) is 6.07 Å². The smallest absolute Gasteiger partial charge is 0.251 e. The maximum atomic E-state index is 12.5. The van der Waals surface area contributed by atoms with Crippen molar-refractivity contribution in [2.24, 2.45) is 0 Å². The lowest BCUT2D eigenvalue weighted by atomic mass is 10.00. The average molecular weight is 412 g/mol. The highest BCUT2D eigenvalue weighted by Gasteiger charge is 2.20. The minimum absolute atomic E-state index is 0.0704. The van der Waals surface area contributed by atoms with Crippen molar-refractivity contribution < 1.29 is 19.4 Å². The first-order chi connectivity index (χ1) is 14.7. The molecular formula is C23H29N3O4. The molecule has 1 saturated heterocycles. The summed E-state index contributed by atoms with van der Waals surface area (Å²) in [7, 11) is 0. The van der Waals surface area contributed by atoms with E-state index in [-0.39, 0.29) is 18.6 Å². The van der Waals surface area contributed by atoms with E-state index in [0.717, 1.165) is 32.4 Å². The predicted octanol–water partition coefficient (Wildman–Crippen LogP) is 1.79. The number of nitrogens with one attached hydrogen (secondary N) is 1. The standard InChI is InChI=1S/C23H29N3O4/c27-20(16-26-10-6-17-3-1-2-4-19(17)15-26)14-25-23(28)18-5-9-24-22(13-18)30-21-7-11-29-12-8-21/h1-5,9,13,20-21,27H,6-8,10-12,14-16H2,(H,25,28). The van der Waals surface area contributed by atoms with Crippen molar-refractivity contribution >= 4 is 5.91 Å². The molecule has 0 radical (unpaired) electrons. The summed E-state index contributed by atoms with van der Waals surface area (Å²) in [5, 5.41) is 13.2. The third-order valence-corrected chi connectivity index (χ3v) is 5.63. The van der Waals surface area contributed by atoms with Gasteiger partial charge in [-0.3, -0.25) is 9.69 Å². The molecule has 0 bridgehead atoms. The van der Waals surface area contributed by atoms with Crippen LogP contribution in [0.5, 0.6) is 5.88 Å². The van der Waals surface area contributed by atoms with Gasteiger partial charge in [-0.05, 0) is 23.6 Å². The summed E-state index contributed by atoms with van der Waals surface area (Å²) in [5.41, 5.74) is 3.17. The highest BCUT2D eigenvalue weighted by molar-refractivity contribution is 5.94. The van der Waals surface area contributed by atoms with E-state index in [0.29, 0.717) is 31.2 Å². The number of aliphatic hydroxyl groups is 1. The number of carbonyl (C=O) groups is 1. The normalized spacial score (nSPS) is 18.4. The van der Waals surface area contributed by atoms with Crippen LogP contribution in [0.15, 0.2) is 42.6 Å². The molecule has 2 aliphatic heterocycles. The van der Waals surface area contributed by atoms with Crippen molar-refractivity contribution in [3.63, 3.8) is 0 Å².